The molecule has 0 aromatic rings. The smallest absolute Gasteiger partial charge is 0.205 e. The zero-order chi connectivity index (χ0) is 14.2. The van der Waals surface area contributed by atoms with Crippen molar-refractivity contribution >= 4 is 6.72 Å². The van der Waals surface area contributed by atoms with Crippen LogP contribution in [0.2, 0.25) is 0 Å². The average molecular weight is 265 g/mol. The van der Waals surface area contributed by atoms with Crippen LogP contribution in [-0.4, -0.2) is 67.1 Å². The summed E-state index contributed by atoms with van der Waals surface area (Å²) in [5.41, 5.74) is 0. The fourth-order valence-electron chi connectivity index (χ4n) is 3.82. The Bertz CT molecular complexity index is 365. The minimum atomic E-state index is 0.490. The van der Waals surface area contributed by atoms with Crippen LogP contribution in [0.4, 0.5) is 0 Å². The first-order valence-electron chi connectivity index (χ1n) is 7.70. The van der Waals surface area contributed by atoms with Crippen LogP contribution in [0.15, 0.2) is 12.7 Å². The maximum absolute atomic E-state index is 4.39. The van der Waals surface area contributed by atoms with E-state index in [0.29, 0.717) is 30.0 Å². The van der Waals surface area contributed by atoms with E-state index in [1.807, 2.05) is 0 Å². The maximum Gasteiger partial charge on any atom is 0.205 e. The third-order valence-electron chi connectivity index (χ3n) is 5.74. The van der Waals surface area contributed by atoms with Crippen LogP contribution in [0.3, 0.4) is 0 Å². The number of hydrogen-bond donors (Lipinski definition) is 1. The first-order chi connectivity index (χ1) is 8.91. The average Bonchev–Trinajstić information content (AvgIpc) is 2.51. The Balaban J connectivity index is 2.31. The van der Waals surface area contributed by atoms with Crippen molar-refractivity contribution < 1.29 is 9.06 Å². The van der Waals surface area contributed by atoms with E-state index in [0.717, 1.165) is 11.0 Å². The monoisotopic (exact) mass is 265 g/mol. The Hall–Kier alpha value is -0.670. The van der Waals surface area contributed by atoms with Gasteiger partial charge in [-0.05, 0) is 20.8 Å². The Labute approximate surface area is 118 Å². The molecular formula is C16H31N3+2. The first-order valence-corrected chi connectivity index (χ1v) is 7.70. The minimum absolute atomic E-state index is 0.490. The van der Waals surface area contributed by atoms with Crippen molar-refractivity contribution in [3.05, 3.63) is 12.7 Å². The summed E-state index contributed by atoms with van der Waals surface area (Å²) in [6, 6.07) is 1.56. The third kappa shape index (κ3) is 2.63. The van der Waals surface area contributed by atoms with Crippen molar-refractivity contribution in [2.24, 2.45) is 11.8 Å². The zero-order valence-electron chi connectivity index (χ0n) is 13.1. The van der Waals surface area contributed by atoms with Crippen LogP contribution in [0.1, 0.15) is 20.8 Å². The molecular weight excluding hydrogens is 234 g/mol. The summed E-state index contributed by atoms with van der Waals surface area (Å²) in [5, 5.41) is 3.70. The molecule has 2 saturated heterocycles. The Kier molecular flexibility index (Phi) is 4.17. The van der Waals surface area contributed by atoms with E-state index >= 15 is 0 Å². The third-order valence-corrected chi connectivity index (χ3v) is 5.74. The van der Waals surface area contributed by atoms with Crippen LogP contribution < -0.4 is 5.32 Å². The number of fused-ring (bicyclic) bond motifs is 1. The van der Waals surface area contributed by atoms with Gasteiger partial charge < -0.3 is 9.80 Å². The van der Waals surface area contributed by atoms with Crippen LogP contribution >= 0.6 is 0 Å². The zero-order valence-corrected chi connectivity index (χ0v) is 13.1. The van der Waals surface area contributed by atoms with Gasteiger partial charge in [-0.15, -0.1) is 6.58 Å². The van der Waals surface area contributed by atoms with Gasteiger partial charge in [0.1, 0.15) is 13.3 Å². The SMILES string of the molecule is C=CC1C[N+](C)(CC)CC2C1CNC(C)C(C)[N+]2=C. The van der Waals surface area contributed by atoms with Crippen LogP contribution in [0.5, 0.6) is 0 Å². The molecule has 0 bridgehead atoms. The number of likely N-dealkylation sites (tertiary alicyclic amines) is 1. The van der Waals surface area contributed by atoms with E-state index in [-0.39, 0.29) is 0 Å². The summed E-state index contributed by atoms with van der Waals surface area (Å²) in [4.78, 5) is 0. The Morgan fingerprint density at radius 3 is 2.63 bits per heavy atom. The fraction of sp³-hybridized carbons (Fsp3) is 0.812. The van der Waals surface area contributed by atoms with Gasteiger partial charge in [-0.1, -0.05) is 6.08 Å². The van der Waals surface area contributed by atoms with Gasteiger partial charge in [-0.3, -0.25) is 0 Å². The Morgan fingerprint density at radius 2 is 2.05 bits per heavy atom. The fourth-order valence-corrected chi connectivity index (χ4v) is 3.82. The molecule has 3 heteroatoms. The number of rotatable bonds is 2. The highest BCUT2D eigenvalue weighted by molar-refractivity contribution is 5.16. The van der Waals surface area contributed by atoms with Crippen molar-refractivity contribution in [1.29, 1.82) is 0 Å². The molecule has 0 aliphatic carbocycles. The summed E-state index contributed by atoms with van der Waals surface area (Å²) in [5.74, 6) is 1.25. The summed E-state index contributed by atoms with van der Waals surface area (Å²) >= 11 is 0. The van der Waals surface area contributed by atoms with E-state index in [1.165, 1.54) is 19.6 Å². The van der Waals surface area contributed by atoms with E-state index in [2.05, 4.69) is 57.1 Å². The van der Waals surface area contributed by atoms with Crippen molar-refractivity contribution in [3.8, 4) is 0 Å². The standard InChI is InChI=1S/C16H31N3/c1-7-14-10-19(6,8-2)11-16-15(14)9-17-12(3)13(4)18(16)5/h7,12-17H,1,5,8-11H2,2-4,6H3/q+2. The maximum atomic E-state index is 4.39. The van der Waals surface area contributed by atoms with Gasteiger partial charge in [0.25, 0.3) is 0 Å². The molecule has 2 aliphatic rings. The second-order valence-electron chi connectivity index (χ2n) is 6.88. The van der Waals surface area contributed by atoms with E-state index in [4.69, 9.17) is 0 Å². The predicted octanol–water partition coefficient (Wildman–Crippen LogP) is 1.35. The summed E-state index contributed by atoms with van der Waals surface area (Å²) < 4.78 is 3.52. The van der Waals surface area contributed by atoms with Gasteiger partial charge in [-0.25, -0.2) is 4.58 Å². The molecule has 0 amide bonds. The molecule has 6 atom stereocenters. The van der Waals surface area contributed by atoms with Crippen LogP contribution in [0, 0.1) is 11.8 Å². The molecule has 0 saturated carbocycles. The van der Waals surface area contributed by atoms with E-state index in [1.54, 1.807) is 0 Å². The number of hydrogen-bond acceptors (Lipinski definition) is 1. The molecule has 2 rings (SSSR count). The molecule has 0 aromatic heterocycles. The summed E-state index contributed by atoms with van der Waals surface area (Å²) in [6.45, 7) is 20.1. The van der Waals surface area contributed by atoms with Crippen LogP contribution in [0.25, 0.3) is 0 Å². The van der Waals surface area contributed by atoms with Crippen molar-refractivity contribution in [3.63, 3.8) is 0 Å². The van der Waals surface area contributed by atoms with Gasteiger partial charge >= 0.3 is 0 Å². The second-order valence-corrected chi connectivity index (χ2v) is 6.88. The van der Waals surface area contributed by atoms with Crippen molar-refractivity contribution in [1.82, 2.24) is 5.32 Å². The van der Waals surface area contributed by atoms with Gasteiger partial charge in [0.15, 0.2) is 6.04 Å². The lowest BCUT2D eigenvalue weighted by molar-refractivity contribution is -0.930. The molecule has 108 valence electrons. The number of nitrogens with one attached hydrogen (secondary N) is 1. The highest BCUT2D eigenvalue weighted by Gasteiger charge is 2.50. The lowest BCUT2D eigenvalue weighted by atomic mass is 9.80. The molecule has 3 nitrogen and oxygen atoms in total. The highest BCUT2D eigenvalue weighted by atomic mass is 15.4. The molecule has 1 N–H and O–H groups in total. The van der Waals surface area contributed by atoms with Gasteiger partial charge in [0.2, 0.25) is 6.04 Å². The number of nitrogens with zero attached hydrogens (tertiary/aromatic N) is 2. The van der Waals surface area contributed by atoms with Crippen molar-refractivity contribution in [2.75, 3.05) is 33.2 Å². The molecule has 0 radical (unpaired) electrons. The molecule has 2 heterocycles. The summed E-state index contributed by atoms with van der Waals surface area (Å²) in [6.07, 6.45) is 2.18. The predicted molar refractivity (Wildman–Crippen MR) is 81.7 cm³/mol. The van der Waals surface area contributed by atoms with Gasteiger partial charge in [0.05, 0.1) is 32.1 Å². The lowest BCUT2D eigenvalue weighted by Crippen LogP contribution is -2.62. The molecule has 0 spiro atoms. The minimum Gasteiger partial charge on any atom is -0.320 e. The van der Waals surface area contributed by atoms with Crippen molar-refractivity contribution in [2.45, 2.75) is 38.9 Å². The van der Waals surface area contributed by atoms with E-state index in [9.17, 15) is 0 Å². The topological polar surface area (TPSA) is 15.0 Å². The molecule has 2 fully saturated rings. The molecule has 19 heavy (non-hydrogen) atoms. The van der Waals surface area contributed by atoms with Gasteiger partial charge in [-0.2, -0.15) is 0 Å². The number of quaternary nitrogens is 1. The highest BCUT2D eigenvalue weighted by Crippen LogP contribution is 2.32. The normalized spacial score (nSPS) is 47.4. The van der Waals surface area contributed by atoms with Crippen LogP contribution in [-0.2, 0) is 0 Å². The lowest BCUT2D eigenvalue weighted by Gasteiger charge is -2.45. The number of piperidine rings is 1. The molecule has 0 aromatic carbocycles. The second kappa shape index (κ2) is 5.37. The largest absolute Gasteiger partial charge is 0.320 e. The summed E-state index contributed by atoms with van der Waals surface area (Å²) in [7, 11) is 2.38. The number of likely N-dealkylation sites (N-methyl/N-ethyl adjacent to an activating group) is 1. The quantitative estimate of drug-likeness (QED) is 0.452. The van der Waals surface area contributed by atoms with E-state index < -0.39 is 0 Å². The van der Waals surface area contributed by atoms with Gasteiger partial charge in [0, 0.05) is 12.5 Å². The Morgan fingerprint density at radius 1 is 1.37 bits per heavy atom. The molecule has 2 aliphatic heterocycles. The first kappa shape index (κ1) is 14.7. The molecule has 6 unspecified atom stereocenters.